The highest BCUT2D eigenvalue weighted by Gasteiger charge is 2.28. The zero-order valence-corrected chi connectivity index (χ0v) is 11.7. The van der Waals surface area contributed by atoms with Crippen LogP contribution in [-0.4, -0.2) is 25.5 Å². The molecule has 2 fully saturated rings. The summed E-state index contributed by atoms with van der Waals surface area (Å²) in [4.78, 5) is 12.0. The van der Waals surface area contributed by atoms with Crippen LogP contribution in [0.1, 0.15) is 51.9 Å². The lowest BCUT2D eigenvalue weighted by Gasteiger charge is -2.32. The Morgan fingerprint density at radius 2 is 1.78 bits per heavy atom. The highest BCUT2D eigenvalue weighted by atomic mass is 16.1. The molecule has 1 saturated carbocycles. The molecule has 1 amide bonds. The Balaban J connectivity index is 1.67. The van der Waals surface area contributed by atoms with E-state index >= 15 is 0 Å². The molecule has 2 aliphatic rings. The van der Waals surface area contributed by atoms with Crippen LogP contribution < -0.4 is 10.6 Å². The van der Waals surface area contributed by atoms with Crippen molar-refractivity contribution in [3.63, 3.8) is 0 Å². The van der Waals surface area contributed by atoms with Gasteiger partial charge in [0, 0.05) is 12.5 Å². The van der Waals surface area contributed by atoms with Gasteiger partial charge in [0.25, 0.3) is 0 Å². The Bertz CT molecular complexity index is 255. The van der Waals surface area contributed by atoms with Crippen LogP contribution in [0.2, 0.25) is 0 Å². The van der Waals surface area contributed by atoms with Crippen LogP contribution in [0.25, 0.3) is 0 Å². The van der Waals surface area contributed by atoms with E-state index in [9.17, 15) is 4.79 Å². The van der Waals surface area contributed by atoms with Crippen molar-refractivity contribution in [3.05, 3.63) is 0 Å². The fourth-order valence-corrected chi connectivity index (χ4v) is 3.03. The van der Waals surface area contributed by atoms with Gasteiger partial charge < -0.3 is 10.6 Å². The molecule has 3 nitrogen and oxygen atoms in total. The number of hydrogen-bond donors (Lipinski definition) is 2. The molecule has 0 bridgehead atoms. The largest absolute Gasteiger partial charge is 0.356 e. The van der Waals surface area contributed by atoms with Crippen molar-refractivity contribution in [3.8, 4) is 0 Å². The summed E-state index contributed by atoms with van der Waals surface area (Å²) in [7, 11) is 0. The lowest BCUT2D eigenvalue weighted by atomic mass is 9.87. The predicted molar refractivity (Wildman–Crippen MR) is 74.3 cm³/mol. The summed E-state index contributed by atoms with van der Waals surface area (Å²) in [5.74, 6) is 1.73. The van der Waals surface area contributed by atoms with Crippen molar-refractivity contribution in [2.45, 2.75) is 51.9 Å². The molecular weight excluding hydrogens is 224 g/mol. The van der Waals surface area contributed by atoms with Crippen LogP contribution >= 0.6 is 0 Å². The van der Waals surface area contributed by atoms with Gasteiger partial charge in [0.1, 0.15) is 0 Å². The van der Waals surface area contributed by atoms with Gasteiger partial charge in [0.2, 0.25) is 5.91 Å². The first kappa shape index (κ1) is 13.9. The third-order valence-corrected chi connectivity index (χ3v) is 4.72. The highest BCUT2D eigenvalue weighted by Crippen LogP contribution is 2.22. The van der Waals surface area contributed by atoms with Crippen LogP contribution in [0.3, 0.4) is 0 Å². The second-order valence-corrected chi connectivity index (χ2v) is 6.16. The van der Waals surface area contributed by atoms with E-state index < -0.39 is 0 Å². The fraction of sp³-hybridized carbons (Fsp3) is 0.933. The van der Waals surface area contributed by atoms with E-state index in [0.717, 1.165) is 25.6 Å². The summed E-state index contributed by atoms with van der Waals surface area (Å²) in [5, 5.41) is 6.42. The Hall–Kier alpha value is -0.570. The van der Waals surface area contributed by atoms with E-state index in [1.54, 1.807) is 0 Å². The molecule has 0 aromatic rings. The Morgan fingerprint density at radius 1 is 1.17 bits per heavy atom. The standard InChI is InChI=1S/C15H28N2O/c1-12(14-10-16-11-14)15(18)17-9-13-7-5-3-2-4-6-8-13/h12-14,16H,2-11H2,1H3,(H,17,18). The molecule has 104 valence electrons. The first-order valence-corrected chi connectivity index (χ1v) is 7.76. The van der Waals surface area contributed by atoms with Crippen LogP contribution in [0, 0.1) is 17.8 Å². The second-order valence-electron chi connectivity index (χ2n) is 6.16. The fourth-order valence-electron chi connectivity index (χ4n) is 3.03. The van der Waals surface area contributed by atoms with E-state index in [1.807, 2.05) is 0 Å². The zero-order chi connectivity index (χ0) is 12.8. The molecule has 18 heavy (non-hydrogen) atoms. The molecule has 2 rings (SSSR count). The lowest BCUT2D eigenvalue weighted by molar-refractivity contribution is -0.126. The molecule has 1 unspecified atom stereocenters. The summed E-state index contributed by atoms with van der Waals surface area (Å²) in [6, 6.07) is 0. The average Bonchev–Trinajstić information content (AvgIpc) is 2.24. The van der Waals surface area contributed by atoms with Crippen LogP contribution in [0.15, 0.2) is 0 Å². The summed E-state index contributed by atoms with van der Waals surface area (Å²) in [6.45, 7) is 5.00. The summed E-state index contributed by atoms with van der Waals surface area (Å²) in [5.41, 5.74) is 0. The average molecular weight is 252 g/mol. The van der Waals surface area contributed by atoms with E-state index in [1.165, 1.54) is 44.9 Å². The second kappa shape index (κ2) is 7.13. The molecule has 1 saturated heterocycles. The number of nitrogens with one attached hydrogen (secondary N) is 2. The van der Waals surface area contributed by atoms with Gasteiger partial charge in [0.05, 0.1) is 0 Å². The molecule has 1 heterocycles. The maximum absolute atomic E-state index is 12.0. The van der Waals surface area contributed by atoms with Crippen molar-refractivity contribution in [1.82, 2.24) is 10.6 Å². The van der Waals surface area contributed by atoms with Gasteiger partial charge in [-0.15, -0.1) is 0 Å². The minimum absolute atomic E-state index is 0.180. The third-order valence-electron chi connectivity index (χ3n) is 4.72. The van der Waals surface area contributed by atoms with Gasteiger partial charge in [-0.2, -0.15) is 0 Å². The Morgan fingerprint density at radius 3 is 2.33 bits per heavy atom. The Kier molecular flexibility index (Phi) is 5.48. The summed E-state index contributed by atoms with van der Waals surface area (Å²) < 4.78 is 0. The van der Waals surface area contributed by atoms with Gasteiger partial charge in [-0.05, 0) is 37.8 Å². The number of rotatable bonds is 4. The topological polar surface area (TPSA) is 41.1 Å². The number of carbonyl (C=O) groups excluding carboxylic acids is 1. The smallest absolute Gasteiger partial charge is 0.223 e. The molecule has 1 aliphatic heterocycles. The Labute approximate surface area is 111 Å². The van der Waals surface area contributed by atoms with Crippen molar-refractivity contribution in [2.75, 3.05) is 19.6 Å². The van der Waals surface area contributed by atoms with Crippen molar-refractivity contribution < 1.29 is 4.79 Å². The quantitative estimate of drug-likeness (QED) is 0.806. The van der Waals surface area contributed by atoms with Gasteiger partial charge in [0.15, 0.2) is 0 Å². The van der Waals surface area contributed by atoms with Gasteiger partial charge in [-0.25, -0.2) is 0 Å². The van der Waals surface area contributed by atoms with Gasteiger partial charge in [-0.3, -0.25) is 4.79 Å². The third kappa shape index (κ3) is 3.98. The van der Waals surface area contributed by atoms with E-state index in [2.05, 4.69) is 17.6 Å². The summed E-state index contributed by atoms with van der Waals surface area (Å²) in [6.07, 6.45) is 9.48. The van der Waals surface area contributed by atoms with Crippen LogP contribution in [0.4, 0.5) is 0 Å². The molecule has 1 atom stereocenters. The highest BCUT2D eigenvalue weighted by molar-refractivity contribution is 5.78. The SMILES string of the molecule is CC(C(=O)NCC1CCCCCCC1)C1CNC1. The van der Waals surface area contributed by atoms with E-state index in [-0.39, 0.29) is 11.8 Å². The minimum Gasteiger partial charge on any atom is -0.356 e. The van der Waals surface area contributed by atoms with Crippen LogP contribution in [-0.2, 0) is 4.79 Å². The number of amides is 1. The van der Waals surface area contributed by atoms with Crippen molar-refractivity contribution >= 4 is 5.91 Å². The van der Waals surface area contributed by atoms with E-state index in [4.69, 9.17) is 0 Å². The predicted octanol–water partition coefficient (Wildman–Crippen LogP) is 2.32. The molecular formula is C15H28N2O. The first-order valence-electron chi connectivity index (χ1n) is 7.76. The zero-order valence-electron chi connectivity index (χ0n) is 11.7. The molecule has 3 heteroatoms. The van der Waals surface area contributed by atoms with E-state index in [0.29, 0.717) is 5.92 Å². The minimum atomic E-state index is 0.180. The number of carbonyl (C=O) groups is 1. The maximum Gasteiger partial charge on any atom is 0.223 e. The molecule has 0 radical (unpaired) electrons. The lowest BCUT2D eigenvalue weighted by Crippen LogP contribution is -2.50. The van der Waals surface area contributed by atoms with Crippen molar-refractivity contribution in [1.29, 1.82) is 0 Å². The first-order chi connectivity index (χ1) is 8.77. The molecule has 0 aromatic carbocycles. The molecule has 2 N–H and O–H groups in total. The van der Waals surface area contributed by atoms with Crippen LogP contribution in [0.5, 0.6) is 0 Å². The van der Waals surface area contributed by atoms with Gasteiger partial charge >= 0.3 is 0 Å². The molecule has 0 spiro atoms. The normalized spacial score (nSPS) is 24.7. The number of hydrogen-bond acceptors (Lipinski definition) is 2. The maximum atomic E-state index is 12.0. The van der Waals surface area contributed by atoms with Gasteiger partial charge in [-0.1, -0.05) is 39.0 Å². The molecule has 1 aliphatic carbocycles. The summed E-state index contributed by atoms with van der Waals surface area (Å²) >= 11 is 0. The molecule has 0 aromatic heterocycles. The monoisotopic (exact) mass is 252 g/mol. The van der Waals surface area contributed by atoms with Crippen molar-refractivity contribution in [2.24, 2.45) is 17.8 Å².